The number of amides is 1. The number of rotatable bonds is 6. The van der Waals surface area contributed by atoms with Gasteiger partial charge in [0.25, 0.3) is 11.5 Å². The van der Waals surface area contributed by atoms with Gasteiger partial charge in [-0.05, 0) is 74.6 Å². The molecule has 37 heavy (non-hydrogen) atoms. The molecule has 3 aromatic rings. The normalized spacial score (nSPS) is 15.5. The molecule has 10 heteroatoms. The molecular formula is C27H29ClN4O5. The lowest BCUT2D eigenvalue weighted by Gasteiger charge is -2.31. The molecule has 2 aromatic carbocycles. The molecule has 9 nitrogen and oxygen atoms in total. The summed E-state index contributed by atoms with van der Waals surface area (Å²) < 4.78 is 7.22. The van der Waals surface area contributed by atoms with E-state index in [2.05, 4.69) is 5.10 Å². The summed E-state index contributed by atoms with van der Waals surface area (Å²) in [6, 6.07) is 12.3. The van der Waals surface area contributed by atoms with E-state index in [0.717, 1.165) is 20.4 Å². The highest BCUT2D eigenvalue weighted by Gasteiger charge is 2.32. The molecule has 1 saturated heterocycles. The van der Waals surface area contributed by atoms with Crippen molar-refractivity contribution >= 4 is 23.5 Å². The van der Waals surface area contributed by atoms with Crippen molar-refractivity contribution in [1.82, 2.24) is 19.2 Å². The predicted octanol–water partition coefficient (Wildman–Crippen LogP) is 3.13. The smallest absolute Gasteiger partial charge is 0.352 e. The predicted molar refractivity (Wildman–Crippen MR) is 139 cm³/mol. The Kier molecular flexibility index (Phi) is 7.92. The number of carbonyl (C=O) groups excluding carboxylic acids is 2. The van der Waals surface area contributed by atoms with Gasteiger partial charge in [-0.25, -0.2) is 4.79 Å². The van der Waals surface area contributed by atoms with E-state index in [9.17, 15) is 19.2 Å². The molecule has 1 unspecified atom stereocenters. The first kappa shape index (κ1) is 26.3. The monoisotopic (exact) mass is 524 g/mol. The van der Waals surface area contributed by atoms with Crippen molar-refractivity contribution in [3.05, 3.63) is 90.7 Å². The van der Waals surface area contributed by atoms with Crippen molar-refractivity contribution in [2.24, 2.45) is 5.92 Å². The standard InChI is InChI=1S/C27H29ClN4O5/c1-4-37-26(35)20-8-6-10-30(16-20)24(33)23-25(34)31(15-19-7-5-9-21(28)14-19)27(36)32(29-23)22-12-17(2)11-18(3)13-22/h5,7,9,11-14,20H,4,6,8,10,15-16H2,1-3H3. The Morgan fingerprint density at radius 2 is 1.84 bits per heavy atom. The van der Waals surface area contributed by atoms with Crippen LogP contribution in [0.3, 0.4) is 0 Å². The third kappa shape index (κ3) is 5.83. The highest BCUT2D eigenvalue weighted by Crippen LogP contribution is 2.19. The first-order chi connectivity index (χ1) is 17.7. The van der Waals surface area contributed by atoms with E-state index >= 15 is 0 Å². The highest BCUT2D eigenvalue weighted by molar-refractivity contribution is 6.30. The molecule has 0 spiro atoms. The zero-order chi connectivity index (χ0) is 26.7. The Hall–Kier alpha value is -3.72. The SMILES string of the molecule is CCOC(=O)C1CCCN(C(=O)c2nn(-c3cc(C)cc(C)c3)c(=O)n(Cc3cccc(Cl)c3)c2=O)C1. The topological polar surface area (TPSA) is 104 Å². The summed E-state index contributed by atoms with van der Waals surface area (Å²) in [5, 5.41) is 4.72. The summed E-state index contributed by atoms with van der Waals surface area (Å²) in [5.74, 6) is -1.47. The van der Waals surface area contributed by atoms with E-state index in [0.29, 0.717) is 35.7 Å². The number of hydrogen-bond acceptors (Lipinski definition) is 6. The van der Waals surface area contributed by atoms with Crippen molar-refractivity contribution in [3.8, 4) is 5.69 Å². The van der Waals surface area contributed by atoms with Gasteiger partial charge < -0.3 is 9.64 Å². The number of likely N-dealkylation sites (tertiary alicyclic amines) is 1. The molecular weight excluding hydrogens is 496 g/mol. The van der Waals surface area contributed by atoms with Gasteiger partial charge >= 0.3 is 11.7 Å². The number of carbonyl (C=O) groups is 2. The summed E-state index contributed by atoms with van der Waals surface area (Å²) in [5.41, 5.74) is 1.02. The first-order valence-electron chi connectivity index (χ1n) is 12.2. The Labute approximate surface area is 219 Å². The highest BCUT2D eigenvalue weighted by atomic mass is 35.5. The zero-order valence-corrected chi connectivity index (χ0v) is 21.8. The van der Waals surface area contributed by atoms with E-state index < -0.39 is 23.1 Å². The number of nitrogens with zero attached hydrogens (tertiary/aromatic N) is 4. The van der Waals surface area contributed by atoms with Crippen molar-refractivity contribution in [2.75, 3.05) is 19.7 Å². The summed E-state index contributed by atoms with van der Waals surface area (Å²) in [4.78, 5) is 54.4. The van der Waals surface area contributed by atoms with E-state index in [-0.39, 0.29) is 31.4 Å². The van der Waals surface area contributed by atoms with E-state index in [1.807, 2.05) is 19.9 Å². The summed E-state index contributed by atoms with van der Waals surface area (Å²) in [6.45, 7) is 6.16. The van der Waals surface area contributed by atoms with Gasteiger partial charge in [0.2, 0.25) is 5.69 Å². The molecule has 1 amide bonds. The average Bonchev–Trinajstić information content (AvgIpc) is 2.86. The van der Waals surface area contributed by atoms with Gasteiger partial charge in [0.05, 0.1) is 24.8 Å². The maximum absolute atomic E-state index is 13.6. The van der Waals surface area contributed by atoms with E-state index in [1.54, 1.807) is 43.3 Å². The first-order valence-corrected chi connectivity index (χ1v) is 12.6. The maximum Gasteiger partial charge on any atom is 0.352 e. The molecule has 0 aliphatic carbocycles. The van der Waals surface area contributed by atoms with Crippen molar-refractivity contribution in [3.63, 3.8) is 0 Å². The molecule has 1 fully saturated rings. The largest absolute Gasteiger partial charge is 0.466 e. The second-order valence-corrected chi connectivity index (χ2v) is 9.69. The zero-order valence-electron chi connectivity index (χ0n) is 21.1. The van der Waals surface area contributed by atoms with Crippen LogP contribution in [0, 0.1) is 19.8 Å². The molecule has 1 aliphatic rings. The van der Waals surface area contributed by atoms with Crippen LogP contribution >= 0.6 is 11.6 Å². The molecule has 2 heterocycles. The maximum atomic E-state index is 13.6. The molecule has 1 aromatic heterocycles. The number of hydrogen-bond donors (Lipinski definition) is 0. The molecule has 194 valence electrons. The third-order valence-electron chi connectivity index (χ3n) is 6.27. The van der Waals surface area contributed by atoms with E-state index in [4.69, 9.17) is 16.3 Å². The summed E-state index contributed by atoms with van der Waals surface area (Å²) in [7, 11) is 0. The molecule has 0 radical (unpaired) electrons. The lowest BCUT2D eigenvalue weighted by Crippen LogP contribution is -2.49. The van der Waals surface area contributed by atoms with E-state index in [1.165, 1.54) is 4.90 Å². The number of aryl methyl sites for hydroxylation is 2. The second-order valence-electron chi connectivity index (χ2n) is 9.25. The van der Waals surface area contributed by atoms with Crippen LogP contribution in [0.25, 0.3) is 5.69 Å². The lowest BCUT2D eigenvalue weighted by atomic mass is 9.98. The van der Waals surface area contributed by atoms with Crippen molar-refractivity contribution in [1.29, 1.82) is 0 Å². The van der Waals surface area contributed by atoms with Gasteiger partial charge in [0.15, 0.2) is 0 Å². The van der Waals surface area contributed by atoms with Gasteiger partial charge in [-0.1, -0.05) is 29.8 Å². The van der Waals surface area contributed by atoms with Crippen LogP contribution < -0.4 is 11.2 Å². The molecule has 1 atom stereocenters. The number of aromatic nitrogens is 3. The fourth-order valence-corrected chi connectivity index (χ4v) is 4.82. The number of piperidine rings is 1. The molecule has 4 rings (SSSR count). The van der Waals surface area contributed by atoms with Gasteiger partial charge in [-0.15, -0.1) is 0 Å². The van der Waals surface area contributed by atoms with Gasteiger partial charge in [-0.2, -0.15) is 9.78 Å². The average molecular weight is 525 g/mol. The van der Waals surface area contributed by atoms with Crippen LogP contribution in [0.2, 0.25) is 5.02 Å². The Bertz CT molecular complexity index is 1440. The number of benzene rings is 2. The fourth-order valence-electron chi connectivity index (χ4n) is 4.61. The molecule has 1 aliphatic heterocycles. The van der Waals surface area contributed by atoms with Gasteiger partial charge in [0.1, 0.15) is 0 Å². The number of esters is 1. The minimum Gasteiger partial charge on any atom is -0.466 e. The fraction of sp³-hybridized carbons (Fsp3) is 0.370. The van der Waals surface area contributed by atoms with Crippen LogP contribution in [0.15, 0.2) is 52.1 Å². The quantitative estimate of drug-likeness (QED) is 0.459. The Balaban J connectivity index is 1.82. The van der Waals surface area contributed by atoms with Gasteiger partial charge in [-0.3, -0.25) is 19.0 Å². The number of ether oxygens (including phenoxy) is 1. The summed E-state index contributed by atoms with van der Waals surface area (Å²) in [6.07, 6.45) is 1.18. The van der Waals surface area contributed by atoms with Crippen LogP contribution in [0.1, 0.15) is 46.9 Å². The van der Waals surface area contributed by atoms with Crippen LogP contribution in [-0.4, -0.2) is 50.8 Å². The van der Waals surface area contributed by atoms with Crippen LogP contribution in [0.5, 0.6) is 0 Å². The summed E-state index contributed by atoms with van der Waals surface area (Å²) >= 11 is 6.12. The second kappa shape index (κ2) is 11.1. The molecule has 0 saturated carbocycles. The Morgan fingerprint density at radius 3 is 2.51 bits per heavy atom. The number of halogens is 1. The third-order valence-corrected chi connectivity index (χ3v) is 6.51. The van der Waals surface area contributed by atoms with Crippen molar-refractivity contribution < 1.29 is 14.3 Å². The van der Waals surface area contributed by atoms with Crippen LogP contribution in [0.4, 0.5) is 0 Å². The minimum absolute atomic E-state index is 0.0860. The lowest BCUT2D eigenvalue weighted by molar-refractivity contribution is -0.149. The molecule has 0 bridgehead atoms. The van der Waals surface area contributed by atoms with Gasteiger partial charge in [0, 0.05) is 18.1 Å². The molecule has 0 N–H and O–H groups in total. The Morgan fingerprint density at radius 1 is 1.11 bits per heavy atom. The minimum atomic E-state index is -0.797. The van der Waals surface area contributed by atoms with Crippen molar-refractivity contribution in [2.45, 2.75) is 40.2 Å². The van der Waals surface area contributed by atoms with Crippen LogP contribution in [-0.2, 0) is 16.1 Å².